The molecule has 3 N–H and O–H groups in total. The Bertz CT molecular complexity index is 1070. The van der Waals surface area contributed by atoms with Gasteiger partial charge in [-0.1, -0.05) is 18.5 Å². The van der Waals surface area contributed by atoms with Crippen LogP contribution in [0.2, 0.25) is 0 Å². The number of benzene rings is 1. The molecular formula is C23H26ClF2N5O2. The Balaban J connectivity index is 1.50. The van der Waals surface area contributed by atoms with Gasteiger partial charge in [0.05, 0.1) is 41.2 Å². The number of ether oxygens (including phenoxy) is 1. The number of rotatable bonds is 5. The van der Waals surface area contributed by atoms with Gasteiger partial charge in [0.25, 0.3) is 5.91 Å². The number of allylic oxidation sites excluding steroid dienone is 1. The Labute approximate surface area is 196 Å². The molecule has 7 nitrogen and oxygen atoms in total. The molecule has 3 aliphatic rings. The molecule has 176 valence electrons. The van der Waals surface area contributed by atoms with Gasteiger partial charge in [-0.3, -0.25) is 4.79 Å². The smallest absolute Gasteiger partial charge is 0.258 e. The van der Waals surface area contributed by atoms with Crippen molar-refractivity contribution in [3.05, 3.63) is 52.2 Å². The monoisotopic (exact) mass is 477 g/mol. The van der Waals surface area contributed by atoms with E-state index in [9.17, 15) is 13.6 Å². The maximum absolute atomic E-state index is 14.3. The molecule has 4 rings (SSSR count). The third-order valence-corrected chi connectivity index (χ3v) is 6.46. The van der Waals surface area contributed by atoms with Crippen LogP contribution in [-0.2, 0) is 0 Å². The molecule has 0 saturated carbocycles. The average molecular weight is 478 g/mol. The highest BCUT2D eigenvalue weighted by atomic mass is 35.5. The highest BCUT2D eigenvalue weighted by Crippen LogP contribution is 2.27. The molecule has 2 saturated heterocycles. The number of carbonyl (C=O) groups excluding carboxylic acids is 1. The van der Waals surface area contributed by atoms with Gasteiger partial charge in [0.2, 0.25) is 0 Å². The van der Waals surface area contributed by atoms with E-state index in [0.29, 0.717) is 28.6 Å². The zero-order valence-corrected chi connectivity index (χ0v) is 19.2. The fourth-order valence-electron chi connectivity index (χ4n) is 4.12. The van der Waals surface area contributed by atoms with Crippen molar-refractivity contribution in [3.63, 3.8) is 0 Å². The largest absolute Gasteiger partial charge is 0.491 e. The number of nitrogens with zero attached hydrogens (tertiary/aromatic N) is 2. The molecular weight excluding hydrogens is 452 g/mol. The molecule has 1 amide bonds. The van der Waals surface area contributed by atoms with Gasteiger partial charge >= 0.3 is 0 Å². The van der Waals surface area contributed by atoms with Crippen LogP contribution >= 0.6 is 11.6 Å². The van der Waals surface area contributed by atoms with Crippen LogP contribution in [0.4, 0.5) is 8.78 Å². The summed E-state index contributed by atoms with van der Waals surface area (Å²) in [6.45, 7) is 3.96. The third-order valence-electron chi connectivity index (χ3n) is 6.08. The van der Waals surface area contributed by atoms with Gasteiger partial charge in [-0.15, -0.1) is 0 Å². The van der Waals surface area contributed by atoms with E-state index in [1.54, 1.807) is 13.1 Å². The lowest BCUT2D eigenvalue weighted by molar-refractivity contribution is 0.0798. The molecule has 1 aromatic carbocycles. The lowest BCUT2D eigenvalue weighted by Gasteiger charge is -2.20. The number of carbonyl (C=O) groups is 1. The predicted octanol–water partition coefficient (Wildman–Crippen LogP) is 3.51. The molecule has 3 aliphatic heterocycles. The number of alkyl halides is 1. The molecule has 1 aromatic rings. The standard InChI is InChI=1S/C23H26ClF2N5O2/c1-3-14-7-18(26)20(30-14)11-33-21-6-13(25)4-5-15(21)23(32)31-9-16(19(27)10-31)22-28-8-17(24)12(2)29-22/h4-6,8,14,18,20,27-28,30H,3,7,9-11H2,1-2H3/b22-16+,27-19?. The molecule has 3 unspecified atom stereocenters. The van der Waals surface area contributed by atoms with Crippen molar-refractivity contribution in [2.24, 2.45) is 4.99 Å². The second-order valence-electron chi connectivity index (χ2n) is 8.38. The lowest BCUT2D eigenvalue weighted by Crippen LogP contribution is -2.37. The van der Waals surface area contributed by atoms with Crippen molar-refractivity contribution >= 4 is 28.9 Å². The van der Waals surface area contributed by atoms with Gasteiger partial charge < -0.3 is 25.7 Å². The molecule has 0 aromatic heterocycles. The van der Waals surface area contributed by atoms with E-state index in [4.69, 9.17) is 21.7 Å². The van der Waals surface area contributed by atoms with E-state index in [2.05, 4.69) is 15.6 Å². The molecule has 2 fully saturated rings. The first kappa shape index (κ1) is 23.4. The first-order valence-corrected chi connectivity index (χ1v) is 11.2. The highest BCUT2D eigenvalue weighted by Gasteiger charge is 2.34. The van der Waals surface area contributed by atoms with E-state index >= 15 is 0 Å². The van der Waals surface area contributed by atoms with Crippen LogP contribution in [-0.4, -0.2) is 60.2 Å². The van der Waals surface area contributed by atoms with Crippen molar-refractivity contribution in [1.29, 1.82) is 5.41 Å². The molecule has 0 bridgehead atoms. The molecule has 33 heavy (non-hydrogen) atoms. The number of likely N-dealkylation sites (tertiary alicyclic amines) is 1. The number of amides is 1. The number of aliphatic imine (C=N–C) groups is 1. The molecule has 3 atom stereocenters. The Morgan fingerprint density at radius 3 is 2.88 bits per heavy atom. The average Bonchev–Trinajstić information content (AvgIpc) is 3.36. The highest BCUT2D eigenvalue weighted by molar-refractivity contribution is 6.43. The first-order valence-electron chi connectivity index (χ1n) is 10.9. The van der Waals surface area contributed by atoms with Crippen LogP contribution in [0.25, 0.3) is 0 Å². The fraction of sp³-hybridized carbons (Fsp3) is 0.435. The van der Waals surface area contributed by atoms with E-state index in [-0.39, 0.29) is 42.8 Å². The minimum absolute atomic E-state index is 0.0163. The quantitative estimate of drug-likeness (QED) is 0.605. The molecule has 0 aliphatic carbocycles. The van der Waals surface area contributed by atoms with E-state index in [1.807, 2.05) is 6.92 Å². The molecule has 0 radical (unpaired) electrons. The predicted molar refractivity (Wildman–Crippen MR) is 123 cm³/mol. The lowest BCUT2D eigenvalue weighted by atomic mass is 10.1. The van der Waals surface area contributed by atoms with Crippen LogP contribution < -0.4 is 15.4 Å². The van der Waals surface area contributed by atoms with E-state index in [0.717, 1.165) is 12.5 Å². The summed E-state index contributed by atoms with van der Waals surface area (Å²) in [6, 6.07) is 3.24. The van der Waals surface area contributed by atoms with Gasteiger partial charge in [-0.05, 0) is 31.9 Å². The summed E-state index contributed by atoms with van der Waals surface area (Å²) in [6.07, 6.45) is 1.74. The van der Waals surface area contributed by atoms with E-state index < -0.39 is 23.9 Å². The zero-order valence-electron chi connectivity index (χ0n) is 18.4. The molecule has 10 heteroatoms. The summed E-state index contributed by atoms with van der Waals surface area (Å²) < 4.78 is 33.9. The van der Waals surface area contributed by atoms with Crippen LogP contribution in [0.3, 0.4) is 0 Å². The van der Waals surface area contributed by atoms with Crippen LogP contribution in [0, 0.1) is 11.2 Å². The van der Waals surface area contributed by atoms with Crippen LogP contribution in [0.5, 0.6) is 5.75 Å². The van der Waals surface area contributed by atoms with Crippen LogP contribution in [0.1, 0.15) is 37.0 Å². The van der Waals surface area contributed by atoms with Gasteiger partial charge in [0.15, 0.2) is 0 Å². The Morgan fingerprint density at radius 2 is 2.18 bits per heavy atom. The first-order chi connectivity index (χ1) is 15.8. The van der Waals surface area contributed by atoms with Gasteiger partial charge in [-0.25, -0.2) is 13.8 Å². The van der Waals surface area contributed by atoms with E-state index in [1.165, 1.54) is 17.0 Å². The Hall–Kier alpha value is -2.78. The maximum atomic E-state index is 14.3. The maximum Gasteiger partial charge on any atom is 0.258 e. The number of nitrogens with one attached hydrogen (secondary N) is 3. The number of hydrogen-bond acceptors (Lipinski definition) is 6. The zero-order chi connectivity index (χ0) is 23.7. The van der Waals surface area contributed by atoms with Crippen molar-refractivity contribution in [1.82, 2.24) is 15.5 Å². The van der Waals surface area contributed by atoms with Gasteiger partial charge in [-0.2, -0.15) is 0 Å². The van der Waals surface area contributed by atoms with Crippen molar-refractivity contribution < 1.29 is 18.3 Å². The minimum atomic E-state index is -1.06. The summed E-state index contributed by atoms with van der Waals surface area (Å²) in [5.74, 6) is -0.431. The number of hydrogen-bond donors (Lipinski definition) is 3. The summed E-state index contributed by atoms with van der Waals surface area (Å²) in [5, 5.41) is 14.9. The minimum Gasteiger partial charge on any atom is -0.491 e. The summed E-state index contributed by atoms with van der Waals surface area (Å²) in [5.41, 5.74) is 1.60. The molecule has 0 spiro atoms. The topological polar surface area (TPSA) is 89.8 Å². The van der Waals surface area contributed by atoms with Crippen LogP contribution in [0.15, 0.2) is 45.8 Å². The Morgan fingerprint density at radius 1 is 1.39 bits per heavy atom. The van der Waals surface area contributed by atoms with Crippen molar-refractivity contribution in [2.75, 3.05) is 19.7 Å². The Kier molecular flexibility index (Phi) is 6.81. The summed E-state index contributed by atoms with van der Waals surface area (Å²) in [4.78, 5) is 19.1. The normalized spacial score (nSPS) is 27.4. The third kappa shape index (κ3) is 4.94. The SMILES string of the molecule is CCC1CC(F)C(COc2cc(F)ccc2C(=O)N2CC(=N)/C(=C3/N=C(C)C(Cl)=CN3)C2)N1. The van der Waals surface area contributed by atoms with Gasteiger partial charge in [0, 0.05) is 23.9 Å². The number of halogens is 3. The van der Waals surface area contributed by atoms with Gasteiger partial charge in [0.1, 0.15) is 30.2 Å². The second kappa shape index (κ2) is 9.61. The molecule has 3 heterocycles. The fourth-order valence-corrected chi connectivity index (χ4v) is 4.22. The van der Waals surface area contributed by atoms with Crippen molar-refractivity contribution in [2.45, 2.75) is 44.9 Å². The summed E-state index contributed by atoms with van der Waals surface area (Å²) >= 11 is 6.02. The van der Waals surface area contributed by atoms with Crippen molar-refractivity contribution in [3.8, 4) is 5.75 Å². The second-order valence-corrected chi connectivity index (χ2v) is 8.79. The summed E-state index contributed by atoms with van der Waals surface area (Å²) in [7, 11) is 0.